The number of ether oxygens (including phenoxy) is 1. The van der Waals surface area contributed by atoms with E-state index in [1.54, 1.807) is 0 Å². The lowest BCUT2D eigenvalue weighted by Crippen LogP contribution is -2.19. The molecule has 0 aromatic heterocycles. The molecule has 1 nitrogen and oxygen atoms in total. The van der Waals surface area contributed by atoms with E-state index < -0.39 is 0 Å². The fraction of sp³-hybridized carbons (Fsp3) is 0.368. The summed E-state index contributed by atoms with van der Waals surface area (Å²) in [4.78, 5) is 0. The summed E-state index contributed by atoms with van der Waals surface area (Å²) in [5.41, 5.74) is 1.41. The van der Waals surface area contributed by atoms with Crippen molar-refractivity contribution in [3.05, 3.63) is 72.5 Å². The van der Waals surface area contributed by atoms with E-state index in [4.69, 9.17) is 4.74 Å². The summed E-state index contributed by atoms with van der Waals surface area (Å²) in [6.45, 7) is 5.10. The summed E-state index contributed by atoms with van der Waals surface area (Å²) < 4.78 is 5.62. The van der Waals surface area contributed by atoms with Crippen molar-refractivity contribution in [2.45, 2.75) is 26.7 Å². The van der Waals surface area contributed by atoms with Crippen molar-refractivity contribution in [3.63, 3.8) is 0 Å². The van der Waals surface area contributed by atoms with E-state index in [0.717, 1.165) is 19.4 Å². The highest BCUT2D eigenvalue weighted by atomic mass is 16.5. The molecular formula is C19H24O. The Kier molecular flexibility index (Phi) is 5.23. The van der Waals surface area contributed by atoms with Crippen LogP contribution in [0.2, 0.25) is 0 Å². The molecule has 0 radical (unpaired) electrons. The second-order valence-electron chi connectivity index (χ2n) is 5.92. The third-order valence-corrected chi connectivity index (χ3v) is 3.48. The molecule has 0 saturated heterocycles. The average molecular weight is 268 g/mol. The number of hydrogen-bond acceptors (Lipinski definition) is 1. The Labute approximate surface area is 122 Å². The molecule has 1 aromatic carbocycles. The minimum Gasteiger partial charge on any atom is -0.501 e. The highest BCUT2D eigenvalue weighted by Crippen LogP contribution is 2.33. The molecule has 0 N–H and O–H groups in total. The summed E-state index contributed by atoms with van der Waals surface area (Å²) >= 11 is 0. The highest BCUT2D eigenvalue weighted by molar-refractivity contribution is 5.27. The van der Waals surface area contributed by atoms with Gasteiger partial charge in [0, 0.05) is 5.41 Å². The predicted molar refractivity (Wildman–Crippen MR) is 85.4 cm³/mol. The molecule has 0 bridgehead atoms. The molecule has 0 fully saturated rings. The molecular weight excluding hydrogens is 244 g/mol. The second-order valence-corrected chi connectivity index (χ2v) is 5.92. The van der Waals surface area contributed by atoms with Crippen LogP contribution in [-0.4, -0.2) is 6.61 Å². The smallest absolute Gasteiger partial charge is 0.0895 e. The van der Waals surface area contributed by atoms with Crippen molar-refractivity contribution in [2.75, 3.05) is 6.61 Å². The molecule has 2 rings (SSSR count). The molecule has 106 valence electrons. The fourth-order valence-corrected chi connectivity index (χ4v) is 2.40. The van der Waals surface area contributed by atoms with E-state index in [9.17, 15) is 0 Å². The zero-order valence-electron chi connectivity index (χ0n) is 12.5. The number of hydrogen-bond donors (Lipinski definition) is 0. The van der Waals surface area contributed by atoms with Gasteiger partial charge in [-0.15, -0.1) is 0 Å². The SMILES string of the molecule is CC(C)COC=CC1(Cc2ccccc2)C=CC=CC1. The predicted octanol–water partition coefficient (Wildman–Crippen LogP) is 4.92. The summed E-state index contributed by atoms with van der Waals surface area (Å²) in [6.07, 6.45) is 14.9. The third kappa shape index (κ3) is 4.41. The second kappa shape index (κ2) is 7.14. The van der Waals surface area contributed by atoms with Crippen LogP contribution in [0.1, 0.15) is 25.8 Å². The summed E-state index contributed by atoms with van der Waals surface area (Å²) in [7, 11) is 0. The molecule has 1 atom stereocenters. The van der Waals surface area contributed by atoms with E-state index in [2.05, 4.69) is 74.6 Å². The molecule has 1 aliphatic rings. The number of allylic oxidation sites excluding steroid dienone is 5. The minimum atomic E-state index is 0.0487. The van der Waals surface area contributed by atoms with Gasteiger partial charge in [0.25, 0.3) is 0 Å². The van der Waals surface area contributed by atoms with E-state index in [1.807, 2.05) is 6.26 Å². The van der Waals surface area contributed by atoms with Gasteiger partial charge in [-0.1, -0.05) is 68.5 Å². The number of rotatable bonds is 6. The molecule has 0 aliphatic heterocycles. The summed E-state index contributed by atoms with van der Waals surface area (Å²) in [6, 6.07) is 10.6. The molecule has 1 unspecified atom stereocenters. The largest absolute Gasteiger partial charge is 0.501 e. The Morgan fingerprint density at radius 3 is 2.65 bits per heavy atom. The Morgan fingerprint density at radius 2 is 2.00 bits per heavy atom. The van der Waals surface area contributed by atoms with Crippen LogP contribution in [0.25, 0.3) is 0 Å². The van der Waals surface area contributed by atoms with E-state index in [0.29, 0.717) is 5.92 Å². The first-order valence-corrected chi connectivity index (χ1v) is 7.38. The van der Waals surface area contributed by atoms with Gasteiger partial charge < -0.3 is 4.74 Å². The molecule has 20 heavy (non-hydrogen) atoms. The Hall–Kier alpha value is -1.76. The van der Waals surface area contributed by atoms with Gasteiger partial charge in [0.1, 0.15) is 0 Å². The van der Waals surface area contributed by atoms with Gasteiger partial charge in [-0.2, -0.15) is 0 Å². The maximum atomic E-state index is 5.62. The van der Waals surface area contributed by atoms with Crippen molar-refractivity contribution in [3.8, 4) is 0 Å². The molecule has 1 heteroatoms. The molecule has 0 heterocycles. The van der Waals surface area contributed by atoms with Crippen LogP contribution in [0.5, 0.6) is 0 Å². The zero-order valence-corrected chi connectivity index (χ0v) is 12.5. The van der Waals surface area contributed by atoms with Gasteiger partial charge >= 0.3 is 0 Å². The standard InChI is InChI=1S/C19H24O/c1-17(2)16-20-14-13-19(11-7-4-8-12-19)15-18-9-5-3-6-10-18/h3-11,13-14,17H,12,15-16H2,1-2H3. The Morgan fingerprint density at radius 1 is 1.20 bits per heavy atom. The maximum absolute atomic E-state index is 5.62. The molecule has 1 aromatic rings. The third-order valence-electron chi connectivity index (χ3n) is 3.48. The van der Waals surface area contributed by atoms with Crippen molar-refractivity contribution in [1.82, 2.24) is 0 Å². The van der Waals surface area contributed by atoms with Gasteiger partial charge in [0.05, 0.1) is 12.9 Å². The first kappa shape index (κ1) is 14.6. The lowest BCUT2D eigenvalue weighted by atomic mass is 9.76. The van der Waals surface area contributed by atoms with Crippen molar-refractivity contribution >= 4 is 0 Å². The average Bonchev–Trinajstić information content (AvgIpc) is 2.46. The van der Waals surface area contributed by atoms with Crippen LogP contribution in [0, 0.1) is 11.3 Å². The Balaban J connectivity index is 2.06. The fourth-order valence-electron chi connectivity index (χ4n) is 2.40. The van der Waals surface area contributed by atoms with Crippen LogP contribution in [0.15, 0.2) is 67.0 Å². The van der Waals surface area contributed by atoms with Crippen LogP contribution in [0.3, 0.4) is 0 Å². The highest BCUT2D eigenvalue weighted by Gasteiger charge is 2.24. The summed E-state index contributed by atoms with van der Waals surface area (Å²) in [5, 5.41) is 0. The van der Waals surface area contributed by atoms with Crippen molar-refractivity contribution < 1.29 is 4.74 Å². The normalized spacial score (nSPS) is 21.8. The van der Waals surface area contributed by atoms with Gasteiger partial charge in [-0.05, 0) is 30.4 Å². The van der Waals surface area contributed by atoms with Gasteiger partial charge in [0.15, 0.2) is 0 Å². The maximum Gasteiger partial charge on any atom is 0.0895 e. The first-order chi connectivity index (χ1) is 9.70. The lowest BCUT2D eigenvalue weighted by Gasteiger charge is -2.28. The van der Waals surface area contributed by atoms with Crippen molar-refractivity contribution in [2.24, 2.45) is 11.3 Å². The van der Waals surface area contributed by atoms with Crippen LogP contribution < -0.4 is 0 Å². The summed E-state index contributed by atoms with van der Waals surface area (Å²) in [5.74, 6) is 0.562. The van der Waals surface area contributed by atoms with Gasteiger partial charge in [0.2, 0.25) is 0 Å². The van der Waals surface area contributed by atoms with E-state index in [1.165, 1.54) is 5.56 Å². The molecule has 0 amide bonds. The molecule has 0 spiro atoms. The minimum absolute atomic E-state index is 0.0487. The van der Waals surface area contributed by atoms with Crippen LogP contribution >= 0.6 is 0 Å². The monoisotopic (exact) mass is 268 g/mol. The molecule has 1 aliphatic carbocycles. The van der Waals surface area contributed by atoms with Crippen LogP contribution in [-0.2, 0) is 11.2 Å². The number of benzene rings is 1. The van der Waals surface area contributed by atoms with Crippen LogP contribution in [0.4, 0.5) is 0 Å². The van der Waals surface area contributed by atoms with E-state index >= 15 is 0 Å². The van der Waals surface area contributed by atoms with E-state index in [-0.39, 0.29) is 5.41 Å². The topological polar surface area (TPSA) is 9.23 Å². The van der Waals surface area contributed by atoms with Gasteiger partial charge in [-0.3, -0.25) is 0 Å². The van der Waals surface area contributed by atoms with Crippen molar-refractivity contribution in [1.29, 1.82) is 0 Å². The Bertz CT molecular complexity index is 482. The quantitative estimate of drug-likeness (QED) is 0.665. The lowest BCUT2D eigenvalue weighted by molar-refractivity contribution is 0.207. The van der Waals surface area contributed by atoms with Gasteiger partial charge in [-0.25, -0.2) is 0 Å². The zero-order chi connectivity index (χ0) is 14.3. The molecule has 0 saturated carbocycles. The first-order valence-electron chi connectivity index (χ1n) is 7.38.